The fraction of sp³-hybridized carbons (Fsp3) is 0.250. The van der Waals surface area contributed by atoms with E-state index in [1.54, 1.807) is 16.4 Å². The lowest BCUT2D eigenvalue weighted by molar-refractivity contribution is -0.115. The SMILES string of the molecule is Cc1ccccc1-c1nnc(SCCC(=O)Nc2c(C)n(C)n(-c3ccccc3)c2=O)n1C. The van der Waals surface area contributed by atoms with Gasteiger partial charge < -0.3 is 9.88 Å². The van der Waals surface area contributed by atoms with Crippen LogP contribution in [0.2, 0.25) is 0 Å². The number of hydrogen-bond donors (Lipinski definition) is 1. The van der Waals surface area contributed by atoms with Crippen molar-refractivity contribution in [1.82, 2.24) is 24.1 Å². The van der Waals surface area contributed by atoms with Gasteiger partial charge in [-0.15, -0.1) is 10.2 Å². The zero-order valence-corrected chi connectivity index (χ0v) is 19.9. The van der Waals surface area contributed by atoms with Crippen molar-refractivity contribution in [3.63, 3.8) is 0 Å². The van der Waals surface area contributed by atoms with E-state index >= 15 is 0 Å². The molecule has 2 aromatic carbocycles. The van der Waals surface area contributed by atoms with Gasteiger partial charge in [-0.1, -0.05) is 54.2 Å². The van der Waals surface area contributed by atoms with Gasteiger partial charge >= 0.3 is 0 Å². The minimum absolute atomic E-state index is 0.213. The van der Waals surface area contributed by atoms with Crippen LogP contribution in [0, 0.1) is 13.8 Å². The highest BCUT2D eigenvalue weighted by atomic mass is 32.2. The summed E-state index contributed by atoms with van der Waals surface area (Å²) in [4.78, 5) is 25.5. The molecule has 2 heterocycles. The highest BCUT2D eigenvalue weighted by Crippen LogP contribution is 2.25. The Labute approximate surface area is 196 Å². The normalized spacial score (nSPS) is 11.0. The van der Waals surface area contributed by atoms with Crippen molar-refractivity contribution < 1.29 is 4.79 Å². The van der Waals surface area contributed by atoms with Crippen LogP contribution < -0.4 is 10.9 Å². The number of carbonyl (C=O) groups excluding carboxylic acids is 1. The molecule has 0 spiro atoms. The fourth-order valence-corrected chi connectivity index (χ4v) is 4.50. The summed E-state index contributed by atoms with van der Waals surface area (Å²) in [5.74, 6) is 1.10. The van der Waals surface area contributed by atoms with Crippen LogP contribution in [-0.4, -0.2) is 35.8 Å². The molecule has 0 unspecified atom stereocenters. The van der Waals surface area contributed by atoms with Gasteiger partial charge in [0, 0.05) is 31.8 Å². The van der Waals surface area contributed by atoms with E-state index in [2.05, 4.69) is 15.5 Å². The molecule has 0 saturated heterocycles. The predicted octanol–water partition coefficient (Wildman–Crippen LogP) is 3.71. The van der Waals surface area contributed by atoms with Crippen LogP contribution in [-0.2, 0) is 18.9 Å². The third kappa shape index (κ3) is 4.49. The number of carbonyl (C=O) groups is 1. The van der Waals surface area contributed by atoms with E-state index < -0.39 is 0 Å². The van der Waals surface area contributed by atoms with E-state index in [-0.39, 0.29) is 17.9 Å². The van der Waals surface area contributed by atoms with Crippen LogP contribution in [0.4, 0.5) is 5.69 Å². The second-order valence-corrected chi connectivity index (χ2v) is 8.83. The summed E-state index contributed by atoms with van der Waals surface area (Å²) in [6.07, 6.45) is 0.246. The zero-order valence-electron chi connectivity index (χ0n) is 19.1. The third-order valence-corrected chi connectivity index (χ3v) is 6.62. The number of hydrogen-bond acceptors (Lipinski definition) is 5. The number of aromatic nitrogens is 5. The molecule has 0 aliphatic heterocycles. The lowest BCUT2D eigenvalue weighted by atomic mass is 10.1. The molecular formula is C24H26N6O2S. The van der Waals surface area contributed by atoms with Crippen molar-refractivity contribution in [2.45, 2.75) is 25.4 Å². The van der Waals surface area contributed by atoms with E-state index in [0.717, 1.165) is 27.8 Å². The lowest BCUT2D eigenvalue weighted by Gasteiger charge is -2.07. The molecular weight excluding hydrogens is 436 g/mol. The Balaban J connectivity index is 1.41. The van der Waals surface area contributed by atoms with Crippen molar-refractivity contribution >= 4 is 23.4 Å². The van der Waals surface area contributed by atoms with Crippen LogP contribution in [0.15, 0.2) is 64.5 Å². The summed E-state index contributed by atoms with van der Waals surface area (Å²) in [5.41, 5.74) is 3.65. The Morgan fingerprint density at radius 1 is 1.00 bits per heavy atom. The molecule has 0 radical (unpaired) electrons. The molecule has 1 N–H and O–H groups in total. The molecule has 9 heteroatoms. The second-order valence-electron chi connectivity index (χ2n) is 7.76. The molecule has 4 rings (SSSR count). The Bertz CT molecular complexity index is 1350. The van der Waals surface area contributed by atoms with E-state index in [1.807, 2.05) is 80.1 Å². The number of amides is 1. The van der Waals surface area contributed by atoms with Crippen LogP contribution in [0.3, 0.4) is 0 Å². The first-order valence-corrected chi connectivity index (χ1v) is 11.6. The maximum absolute atomic E-state index is 13.0. The molecule has 8 nitrogen and oxygen atoms in total. The van der Waals surface area contributed by atoms with Gasteiger partial charge in [0.1, 0.15) is 5.69 Å². The van der Waals surface area contributed by atoms with E-state index in [4.69, 9.17) is 0 Å². The molecule has 170 valence electrons. The van der Waals surface area contributed by atoms with Crippen molar-refractivity contribution in [2.75, 3.05) is 11.1 Å². The Morgan fingerprint density at radius 3 is 2.42 bits per heavy atom. The minimum Gasteiger partial charge on any atom is -0.320 e. The first-order valence-electron chi connectivity index (χ1n) is 10.6. The van der Waals surface area contributed by atoms with Gasteiger partial charge in [0.2, 0.25) is 5.91 Å². The number of aryl methyl sites for hydroxylation is 1. The second kappa shape index (κ2) is 9.50. The number of benzene rings is 2. The van der Waals surface area contributed by atoms with Gasteiger partial charge in [0.15, 0.2) is 11.0 Å². The Kier molecular flexibility index (Phi) is 6.50. The molecule has 0 aliphatic rings. The summed E-state index contributed by atoms with van der Waals surface area (Å²) in [6.45, 7) is 3.86. The minimum atomic E-state index is -0.252. The van der Waals surface area contributed by atoms with Gasteiger partial charge in [-0.25, -0.2) is 4.68 Å². The number of anilines is 1. The molecule has 33 heavy (non-hydrogen) atoms. The monoisotopic (exact) mass is 462 g/mol. The standard InChI is InChI=1S/C24H26N6O2S/c1-16-10-8-9-13-19(16)22-26-27-24(28(22)3)33-15-14-20(31)25-21-17(2)29(4)30(23(21)32)18-11-6-5-7-12-18/h5-13H,14-15H2,1-4H3,(H,25,31). The zero-order chi connectivity index (χ0) is 23.5. The van der Waals surface area contributed by atoms with E-state index in [9.17, 15) is 9.59 Å². The summed E-state index contributed by atoms with van der Waals surface area (Å²) in [7, 11) is 3.72. The molecule has 4 aromatic rings. The molecule has 0 atom stereocenters. The van der Waals surface area contributed by atoms with Crippen molar-refractivity contribution in [1.29, 1.82) is 0 Å². The first-order chi connectivity index (χ1) is 15.9. The van der Waals surface area contributed by atoms with Crippen LogP contribution in [0.1, 0.15) is 17.7 Å². The van der Waals surface area contributed by atoms with Crippen LogP contribution in [0.5, 0.6) is 0 Å². The molecule has 0 saturated carbocycles. The maximum atomic E-state index is 13.0. The van der Waals surface area contributed by atoms with Gasteiger partial charge in [-0.2, -0.15) is 0 Å². The smallest absolute Gasteiger partial charge is 0.295 e. The Hall–Kier alpha value is -3.59. The fourth-order valence-electron chi connectivity index (χ4n) is 3.65. The number of nitrogens with one attached hydrogen (secondary N) is 1. The summed E-state index contributed by atoms with van der Waals surface area (Å²) in [5, 5.41) is 12.1. The summed E-state index contributed by atoms with van der Waals surface area (Å²) < 4.78 is 5.23. The highest BCUT2D eigenvalue weighted by Gasteiger charge is 2.18. The quantitative estimate of drug-likeness (QED) is 0.423. The van der Waals surface area contributed by atoms with Gasteiger partial charge in [0.05, 0.1) is 11.4 Å². The predicted molar refractivity (Wildman–Crippen MR) is 131 cm³/mol. The van der Waals surface area contributed by atoms with Gasteiger partial charge in [-0.3, -0.25) is 14.3 Å². The lowest BCUT2D eigenvalue weighted by Crippen LogP contribution is -2.23. The van der Waals surface area contributed by atoms with Crippen molar-refractivity contribution in [3.8, 4) is 17.1 Å². The number of para-hydroxylation sites is 1. The summed E-state index contributed by atoms with van der Waals surface area (Å²) in [6, 6.07) is 17.4. The van der Waals surface area contributed by atoms with Crippen LogP contribution in [0.25, 0.3) is 17.1 Å². The van der Waals surface area contributed by atoms with Gasteiger partial charge in [0.25, 0.3) is 5.56 Å². The van der Waals surface area contributed by atoms with Crippen molar-refractivity contribution in [3.05, 3.63) is 76.2 Å². The average Bonchev–Trinajstić information content (AvgIpc) is 3.27. The number of nitrogens with zero attached hydrogens (tertiary/aromatic N) is 5. The van der Waals surface area contributed by atoms with Crippen LogP contribution >= 0.6 is 11.8 Å². The first kappa shape index (κ1) is 22.6. The topological polar surface area (TPSA) is 86.7 Å². The number of rotatable bonds is 7. The van der Waals surface area contributed by atoms with E-state index in [0.29, 0.717) is 17.1 Å². The maximum Gasteiger partial charge on any atom is 0.295 e. The molecule has 0 aliphatic carbocycles. The molecule has 2 aromatic heterocycles. The number of thioether (sulfide) groups is 1. The van der Waals surface area contributed by atoms with E-state index in [1.165, 1.54) is 11.8 Å². The summed E-state index contributed by atoms with van der Waals surface area (Å²) >= 11 is 1.46. The van der Waals surface area contributed by atoms with Crippen molar-refractivity contribution in [2.24, 2.45) is 14.1 Å². The molecule has 0 bridgehead atoms. The third-order valence-electron chi connectivity index (χ3n) is 5.60. The Morgan fingerprint density at radius 2 is 1.70 bits per heavy atom. The molecule has 0 fully saturated rings. The average molecular weight is 463 g/mol. The molecule has 1 amide bonds. The largest absolute Gasteiger partial charge is 0.320 e. The van der Waals surface area contributed by atoms with Gasteiger partial charge in [-0.05, 0) is 31.5 Å². The highest BCUT2D eigenvalue weighted by molar-refractivity contribution is 7.99.